The Kier molecular flexibility index (Phi) is 3.91. The summed E-state index contributed by atoms with van der Waals surface area (Å²) in [6.45, 7) is 0.0796. The van der Waals surface area contributed by atoms with E-state index in [0.29, 0.717) is 5.76 Å². The number of hydrogen-bond acceptors (Lipinski definition) is 7. The van der Waals surface area contributed by atoms with Crippen LogP contribution in [0.5, 0.6) is 0 Å². The van der Waals surface area contributed by atoms with Crippen molar-refractivity contribution in [3.05, 3.63) is 51.9 Å². The first-order chi connectivity index (χ1) is 9.63. The van der Waals surface area contributed by atoms with E-state index in [1.807, 2.05) is 0 Å². The van der Waals surface area contributed by atoms with Gasteiger partial charge in [0.05, 0.1) is 17.7 Å². The lowest BCUT2D eigenvalue weighted by Crippen LogP contribution is -2.24. The van der Waals surface area contributed by atoms with Crippen LogP contribution in [-0.2, 0) is 6.54 Å². The van der Waals surface area contributed by atoms with Crippen molar-refractivity contribution in [2.45, 2.75) is 6.54 Å². The second-order valence-electron chi connectivity index (χ2n) is 3.76. The lowest BCUT2D eigenvalue weighted by Gasteiger charge is -2.07. The summed E-state index contributed by atoms with van der Waals surface area (Å²) < 4.78 is 4.81. The SMILES string of the molecule is NNc1cccc(C(=O)NCc2ccno2)c1[N+](=O)[O-]. The van der Waals surface area contributed by atoms with Gasteiger partial charge in [-0.2, -0.15) is 0 Å². The molecule has 4 N–H and O–H groups in total. The Labute approximate surface area is 112 Å². The molecule has 0 aliphatic rings. The lowest BCUT2D eigenvalue weighted by molar-refractivity contribution is -0.384. The minimum absolute atomic E-state index is 0.0577. The highest BCUT2D eigenvalue weighted by molar-refractivity contribution is 6.00. The second-order valence-corrected chi connectivity index (χ2v) is 3.76. The molecular formula is C11H11N5O4. The van der Waals surface area contributed by atoms with Crippen LogP contribution in [0.25, 0.3) is 0 Å². The molecule has 1 amide bonds. The van der Waals surface area contributed by atoms with Crippen molar-refractivity contribution in [3.63, 3.8) is 0 Å². The number of hydrogen-bond donors (Lipinski definition) is 3. The predicted molar refractivity (Wildman–Crippen MR) is 68.6 cm³/mol. The van der Waals surface area contributed by atoms with Gasteiger partial charge in [-0.3, -0.25) is 20.8 Å². The number of carbonyl (C=O) groups excluding carboxylic acids is 1. The van der Waals surface area contributed by atoms with Crippen LogP contribution in [0.3, 0.4) is 0 Å². The normalized spacial score (nSPS) is 10.1. The van der Waals surface area contributed by atoms with Crippen molar-refractivity contribution in [1.29, 1.82) is 0 Å². The zero-order valence-corrected chi connectivity index (χ0v) is 10.2. The number of nitrogens with zero attached hydrogens (tertiary/aromatic N) is 2. The summed E-state index contributed by atoms with van der Waals surface area (Å²) in [5, 5.41) is 17.0. The van der Waals surface area contributed by atoms with Crippen LogP contribution in [-0.4, -0.2) is 16.0 Å². The predicted octanol–water partition coefficient (Wildman–Crippen LogP) is 0.798. The van der Waals surface area contributed by atoms with E-state index in [2.05, 4.69) is 15.9 Å². The molecule has 0 aliphatic heterocycles. The molecule has 0 spiro atoms. The Morgan fingerprint density at radius 3 is 2.85 bits per heavy atom. The standard InChI is InChI=1S/C11H11N5O4/c12-15-9-3-1-2-8(10(9)16(18)19)11(17)13-6-7-4-5-14-20-7/h1-5,15H,6,12H2,(H,13,17). The number of anilines is 1. The Morgan fingerprint density at radius 1 is 1.45 bits per heavy atom. The largest absolute Gasteiger partial charge is 0.360 e. The Hall–Kier alpha value is -2.94. The summed E-state index contributed by atoms with van der Waals surface area (Å²) in [5.74, 6) is 5.03. The van der Waals surface area contributed by atoms with E-state index < -0.39 is 10.8 Å². The fraction of sp³-hybridized carbons (Fsp3) is 0.0909. The molecule has 0 saturated carbocycles. The van der Waals surface area contributed by atoms with E-state index in [9.17, 15) is 14.9 Å². The monoisotopic (exact) mass is 277 g/mol. The lowest BCUT2D eigenvalue weighted by atomic mass is 10.1. The van der Waals surface area contributed by atoms with Gasteiger partial charge in [-0.1, -0.05) is 11.2 Å². The molecule has 9 nitrogen and oxygen atoms in total. The summed E-state index contributed by atoms with van der Waals surface area (Å²) in [5.41, 5.74) is 1.77. The number of benzene rings is 1. The van der Waals surface area contributed by atoms with Crippen LogP contribution >= 0.6 is 0 Å². The third kappa shape index (κ3) is 2.72. The summed E-state index contributed by atoms with van der Waals surface area (Å²) >= 11 is 0. The first kappa shape index (κ1) is 13.5. The number of nitrogen functional groups attached to an aromatic ring is 1. The molecular weight excluding hydrogens is 266 g/mol. The molecule has 1 heterocycles. The first-order valence-corrected chi connectivity index (χ1v) is 5.55. The van der Waals surface area contributed by atoms with Crippen molar-refractivity contribution < 1.29 is 14.2 Å². The maximum absolute atomic E-state index is 12.0. The fourth-order valence-corrected chi connectivity index (χ4v) is 1.64. The molecule has 0 radical (unpaired) electrons. The average molecular weight is 277 g/mol. The number of carbonyl (C=O) groups is 1. The molecule has 0 bridgehead atoms. The van der Waals surface area contributed by atoms with Crippen molar-refractivity contribution in [1.82, 2.24) is 10.5 Å². The quantitative estimate of drug-likeness (QED) is 0.417. The van der Waals surface area contributed by atoms with Gasteiger partial charge in [-0.15, -0.1) is 0 Å². The van der Waals surface area contributed by atoms with E-state index in [-0.39, 0.29) is 23.5 Å². The van der Waals surface area contributed by atoms with Gasteiger partial charge in [0.15, 0.2) is 5.76 Å². The van der Waals surface area contributed by atoms with Gasteiger partial charge in [0.2, 0.25) is 0 Å². The number of nitrogens with one attached hydrogen (secondary N) is 2. The van der Waals surface area contributed by atoms with E-state index in [1.54, 1.807) is 6.07 Å². The molecule has 2 rings (SSSR count). The van der Waals surface area contributed by atoms with Crippen LogP contribution in [0.15, 0.2) is 35.0 Å². The summed E-state index contributed by atoms with van der Waals surface area (Å²) in [6, 6.07) is 5.82. The van der Waals surface area contributed by atoms with E-state index in [0.717, 1.165) is 0 Å². The van der Waals surface area contributed by atoms with E-state index in [4.69, 9.17) is 10.4 Å². The minimum Gasteiger partial charge on any atom is -0.360 e. The zero-order valence-electron chi connectivity index (χ0n) is 10.2. The van der Waals surface area contributed by atoms with Crippen LogP contribution in [0.2, 0.25) is 0 Å². The summed E-state index contributed by atoms with van der Waals surface area (Å²) in [7, 11) is 0. The maximum atomic E-state index is 12.0. The van der Waals surface area contributed by atoms with Gasteiger partial charge in [0, 0.05) is 6.07 Å². The first-order valence-electron chi connectivity index (χ1n) is 5.55. The summed E-state index contributed by atoms with van der Waals surface area (Å²) in [6.07, 6.45) is 1.43. The number of amides is 1. The minimum atomic E-state index is -0.668. The number of para-hydroxylation sites is 1. The maximum Gasteiger partial charge on any atom is 0.306 e. The van der Waals surface area contributed by atoms with Crippen LogP contribution in [0.4, 0.5) is 11.4 Å². The molecule has 0 unspecified atom stereocenters. The van der Waals surface area contributed by atoms with Gasteiger partial charge in [-0.25, -0.2) is 0 Å². The molecule has 0 fully saturated rings. The summed E-state index contributed by atoms with van der Waals surface area (Å²) in [4.78, 5) is 22.4. The van der Waals surface area contributed by atoms with E-state index in [1.165, 1.54) is 24.4 Å². The average Bonchev–Trinajstić information content (AvgIpc) is 2.96. The molecule has 0 atom stereocenters. The third-order valence-corrected chi connectivity index (χ3v) is 2.53. The van der Waals surface area contributed by atoms with E-state index >= 15 is 0 Å². The van der Waals surface area contributed by atoms with Crippen molar-refractivity contribution in [3.8, 4) is 0 Å². The van der Waals surface area contributed by atoms with Gasteiger partial charge < -0.3 is 15.3 Å². The van der Waals surface area contributed by atoms with Crippen LogP contribution in [0.1, 0.15) is 16.1 Å². The number of nitrogens with two attached hydrogens (primary N) is 1. The van der Waals surface area contributed by atoms with Gasteiger partial charge in [-0.05, 0) is 12.1 Å². The Bertz CT molecular complexity index is 626. The van der Waals surface area contributed by atoms with Gasteiger partial charge >= 0.3 is 5.69 Å². The van der Waals surface area contributed by atoms with Crippen molar-refractivity contribution >= 4 is 17.3 Å². The number of aromatic nitrogens is 1. The second kappa shape index (κ2) is 5.80. The highest BCUT2D eigenvalue weighted by Gasteiger charge is 2.24. The van der Waals surface area contributed by atoms with Crippen molar-refractivity contribution in [2.75, 3.05) is 5.43 Å². The Balaban J connectivity index is 2.23. The zero-order chi connectivity index (χ0) is 14.5. The van der Waals surface area contributed by atoms with Crippen LogP contribution < -0.4 is 16.6 Å². The molecule has 20 heavy (non-hydrogen) atoms. The van der Waals surface area contributed by atoms with Gasteiger partial charge in [0.1, 0.15) is 11.3 Å². The fourth-order valence-electron chi connectivity index (χ4n) is 1.64. The van der Waals surface area contributed by atoms with Crippen LogP contribution in [0, 0.1) is 10.1 Å². The number of rotatable bonds is 5. The highest BCUT2D eigenvalue weighted by Crippen LogP contribution is 2.27. The smallest absolute Gasteiger partial charge is 0.306 e. The molecule has 0 aliphatic carbocycles. The number of nitro benzene ring substituents is 1. The molecule has 1 aromatic carbocycles. The molecule has 1 aromatic heterocycles. The topological polar surface area (TPSA) is 136 Å². The molecule has 2 aromatic rings. The number of hydrazine groups is 1. The molecule has 104 valence electrons. The molecule has 0 saturated heterocycles. The third-order valence-electron chi connectivity index (χ3n) is 2.53. The van der Waals surface area contributed by atoms with Crippen molar-refractivity contribution in [2.24, 2.45) is 5.84 Å². The molecule has 9 heteroatoms. The highest BCUT2D eigenvalue weighted by atomic mass is 16.6. The van der Waals surface area contributed by atoms with Gasteiger partial charge in [0.25, 0.3) is 5.91 Å². The Morgan fingerprint density at radius 2 is 2.25 bits per heavy atom. The number of nitro groups is 1.